The summed E-state index contributed by atoms with van der Waals surface area (Å²) < 4.78 is 0.823. The molecular formula is C14H16N4OS2. The molecule has 2 heterocycles. The van der Waals surface area contributed by atoms with Crippen LogP contribution in [0.3, 0.4) is 0 Å². The number of amides is 1. The molecule has 0 radical (unpaired) electrons. The van der Waals surface area contributed by atoms with Gasteiger partial charge in [-0.25, -0.2) is 0 Å². The van der Waals surface area contributed by atoms with E-state index < -0.39 is 0 Å². The normalized spacial score (nSPS) is 17.8. The first kappa shape index (κ1) is 14.3. The summed E-state index contributed by atoms with van der Waals surface area (Å²) in [5.74, 6) is 0.0962. The van der Waals surface area contributed by atoms with Crippen LogP contribution in [0.2, 0.25) is 0 Å². The van der Waals surface area contributed by atoms with Gasteiger partial charge in [0.25, 0.3) is 0 Å². The van der Waals surface area contributed by atoms with E-state index in [1.165, 1.54) is 34.2 Å². The molecule has 0 bridgehead atoms. The molecule has 1 aliphatic rings. The van der Waals surface area contributed by atoms with Gasteiger partial charge in [0.2, 0.25) is 11.0 Å². The number of carbonyl (C=O) groups is 1. The third-order valence-corrected chi connectivity index (χ3v) is 5.60. The van der Waals surface area contributed by atoms with Gasteiger partial charge in [-0.2, -0.15) is 0 Å². The smallest absolute Gasteiger partial charge is 0.233 e. The summed E-state index contributed by atoms with van der Waals surface area (Å²) >= 11 is 2.97. The second-order valence-corrected chi connectivity index (χ2v) is 7.41. The molecule has 1 aromatic carbocycles. The molecule has 1 atom stereocenters. The highest BCUT2D eigenvalue weighted by molar-refractivity contribution is 8.02. The van der Waals surface area contributed by atoms with Crippen molar-refractivity contribution >= 4 is 39.8 Å². The Morgan fingerprint density at radius 2 is 2.19 bits per heavy atom. The minimum Gasteiger partial charge on any atom is -0.355 e. The lowest BCUT2D eigenvalue weighted by molar-refractivity contribution is -0.118. The van der Waals surface area contributed by atoms with Crippen LogP contribution in [-0.4, -0.2) is 27.9 Å². The number of nitrogens with zero attached hydrogens (tertiary/aromatic N) is 2. The average Bonchev–Trinajstić information content (AvgIpc) is 3.05. The zero-order valence-electron chi connectivity index (χ0n) is 11.8. The van der Waals surface area contributed by atoms with Gasteiger partial charge < -0.3 is 10.6 Å². The van der Waals surface area contributed by atoms with Gasteiger partial charge in [-0.15, -0.1) is 10.2 Å². The minimum absolute atomic E-state index is 0.0348. The molecule has 0 spiro atoms. The molecule has 1 aromatic heterocycles. The molecule has 7 heteroatoms. The van der Waals surface area contributed by atoms with E-state index in [-0.39, 0.29) is 11.2 Å². The minimum atomic E-state index is -0.0348. The number of aromatic nitrogens is 2. The van der Waals surface area contributed by atoms with E-state index in [0.29, 0.717) is 0 Å². The van der Waals surface area contributed by atoms with Crippen molar-refractivity contribution in [3.05, 3.63) is 29.3 Å². The first-order valence-corrected chi connectivity index (χ1v) is 8.43. The maximum absolute atomic E-state index is 11.6. The van der Waals surface area contributed by atoms with Crippen molar-refractivity contribution in [2.75, 3.05) is 11.9 Å². The van der Waals surface area contributed by atoms with Gasteiger partial charge in [-0.1, -0.05) is 29.2 Å². The van der Waals surface area contributed by atoms with Crippen molar-refractivity contribution < 1.29 is 4.79 Å². The van der Waals surface area contributed by atoms with E-state index in [4.69, 9.17) is 0 Å². The summed E-state index contributed by atoms with van der Waals surface area (Å²) in [6, 6.07) is 6.20. The van der Waals surface area contributed by atoms with Crippen LogP contribution in [0, 0.1) is 13.8 Å². The lowest BCUT2D eigenvalue weighted by atomic mass is 10.1. The number of hydrogen-bond donors (Lipinski definition) is 2. The lowest BCUT2D eigenvalue weighted by Crippen LogP contribution is -2.20. The third-order valence-electron chi connectivity index (χ3n) is 3.41. The second kappa shape index (κ2) is 6.03. The molecule has 2 N–H and O–H groups in total. The predicted molar refractivity (Wildman–Crippen MR) is 86.4 cm³/mol. The SMILES string of the molecule is Cc1ccc(Nc2nnc(SC3CCNC3=O)s2)cc1C. The first-order chi connectivity index (χ1) is 10.1. The molecule has 0 saturated carbocycles. The Bertz CT molecular complexity index is 671. The number of anilines is 2. The van der Waals surface area contributed by atoms with Crippen LogP contribution in [0.4, 0.5) is 10.8 Å². The van der Waals surface area contributed by atoms with Crippen LogP contribution in [0.15, 0.2) is 22.5 Å². The Morgan fingerprint density at radius 1 is 1.33 bits per heavy atom. The molecule has 0 aliphatic carbocycles. The summed E-state index contributed by atoms with van der Waals surface area (Å²) in [5.41, 5.74) is 3.51. The molecule has 2 aromatic rings. The molecule has 1 amide bonds. The number of benzene rings is 1. The van der Waals surface area contributed by atoms with Gasteiger partial charge in [0.05, 0.1) is 5.25 Å². The molecule has 1 fully saturated rings. The summed E-state index contributed by atoms with van der Waals surface area (Å²) in [7, 11) is 0. The fourth-order valence-electron chi connectivity index (χ4n) is 2.06. The Kier molecular flexibility index (Phi) is 4.12. The Balaban J connectivity index is 1.67. The quantitative estimate of drug-likeness (QED) is 0.907. The van der Waals surface area contributed by atoms with E-state index in [9.17, 15) is 4.79 Å². The summed E-state index contributed by atoms with van der Waals surface area (Å²) in [6.45, 7) is 4.93. The van der Waals surface area contributed by atoms with E-state index in [2.05, 4.69) is 46.8 Å². The summed E-state index contributed by atoms with van der Waals surface area (Å²) in [6.07, 6.45) is 0.850. The molecular weight excluding hydrogens is 304 g/mol. The zero-order chi connectivity index (χ0) is 14.8. The van der Waals surface area contributed by atoms with E-state index in [1.54, 1.807) is 0 Å². The number of hydrogen-bond acceptors (Lipinski definition) is 6. The van der Waals surface area contributed by atoms with Gasteiger partial charge >= 0.3 is 0 Å². The fourth-order valence-corrected chi connectivity index (χ4v) is 4.09. The lowest BCUT2D eigenvalue weighted by Gasteiger charge is -2.05. The van der Waals surface area contributed by atoms with Crippen LogP contribution in [0.5, 0.6) is 0 Å². The average molecular weight is 320 g/mol. The summed E-state index contributed by atoms with van der Waals surface area (Å²) in [5, 5.41) is 15.1. The fraction of sp³-hybridized carbons (Fsp3) is 0.357. The standard InChI is InChI=1S/C14H16N4OS2/c1-8-3-4-10(7-9(8)2)16-13-17-18-14(21-13)20-11-5-6-15-12(11)19/h3-4,7,11H,5-6H2,1-2H3,(H,15,19)(H,16,17). The predicted octanol–water partition coefficient (Wildman–Crippen LogP) is 2.88. The van der Waals surface area contributed by atoms with Crippen molar-refractivity contribution in [2.45, 2.75) is 29.9 Å². The van der Waals surface area contributed by atoms with Gasteiger partial charge in [0, 0.05) is 12.2 Å². The van der Waals surface area contributed by atoms with Gasteiger partial charge in [-0.3, -0.25) is 4.79 Å². The highest BCUT2D eigenvalue weighted by Gasteiger charge is 2.26. The van der Waals surface area contributed by atoms with Crippen molar-refractivity contribution in [2.24, 2.45) is 0 Å². The summed E-state index contributed by atoms with van der Waals surface area (Å²) in [4.78, 5) is 11.6. The molecule has 5 nitrogen and oxygen atoms in total. The molecule has 110 valence electrons. The van der Waals surface area contributed by atoms with E-state index >= 15 is 0 Å². The molecule has 21 heavy (non-hydrogen) atoms. The van der Waals surface area contributed by atoms with E-state index in [0.717, 1.165) is 28.1 Å². The number of carbonyl (C=O) groups excluding carboxylic acids is 1. The van der Waals surface area contributed by atoms with Gasteiger partial charge in [-0.05, 0) is 43.5 Å². The third kappa shape index (κ3) is 3.36. The van der Waals surface area contributed by atoms with Crippen LogP contribution in [0.1, 0.15) is 17.5 Å². The Labute approximate surface area is 131 Å². The van der Waals surface area contributed by atoms with Crippen LogP contribution < -0.4 is 10.6 Å². The van der Waals surface area contributed by atoms with Crippen LogP contribution in [-0.2, 0) is 4.79 Å². The van der Waals surface area contributed by atoms with Gasteiger partial charge in [0.15, 0.2) is 4.34 Å². The van der Waals surface area contributed by atoms with Crippen molar-refractivity contribution in [3.63, 3.8) is 0 Å². The van der Waals surface area contributed by atoms with Crippen LogP contribution >= 0.6 is 23.1 Å². The molecule has 1 saturated heterocycles. The zero-order valence-corrected chi connectivity index (χ0v) is 13.5. The number of thioether (sulfide) groups is 1. The van der Waals surface area contributed by atoms with E-state index in [1.807, 2.05) is 6.07 Å². The molecule has 1 aliphatic heterocycles. The molecule has 1 unspecified atom stereocenters. The monoisotopic (exact) mass is 320 g/mol. The molecule has 3 rings (SSSR count). The van der Waals surface area contributed by atoms with Crippen LogP contribution in [0.25, 0.3) is 0 Å². The van der Waals surface area contributed by atoms with Gasteiger partial charge in [0.1, 0.15) is 0 Å². The Morgan fingerprint density at radius 3 is 2.90 bits per heavy atom. The highest BCUT2D eigenvalue weighted by atomic mass is 32.2. The van der Waals surface area contributed by atoms with Crippen molar-refractivity contribution in [1.29, 1.82) is 0 Å². The topological polar surface area (TPSA) is 66.9 Å². The number of rotatable bonds is 4. The highest BCUT2D eigenvalue weighted by Crippen LogP contribution is 2.32. The number of nitrogens with one attached hydrogen (secondary N) is 2. The largest absolute Gasteiger partial charge is 0.355 e. The Hall–Kier alpha value is -1.60. The second-order valence-electron chi connectivity index (χ2n) is 4.98. The first-order valence-electron chi connectivity index (χ1n) is 6.74. The van der Waals surface area contributed by atoms with Crippen molar-refractivity contribution in [3.8, 4) is 0 Å². The maximum Gasteiger partial charge on any atom is 0.233 e. The maximum atomic E-state index is 11.6. The number of aryl methyl sites for hydroxylation is 2. The van der Waals surface area contributed by atoms with Crippen molar-refractivity contribution in [1.82, 2.24) is 15.5 Å².